The van der Waals surface area contributed by atoms with Crippen LogP contribution in [-0.2, 0) is 23.8 Å². The Bertz CT molecular complexity index is 522. The largest absolute Gasteiger partial charge is 0.466 e. The molecule has 0 aromatic rings. The van der Waals surface area contributed by atoms with E-state index in [-0.39, 0.29) is 44.1 Å². The molecule has 2 fully saturated rings. The van der Waals surface area contributed by atoms with Crippen LogP contribution in [0.5, 0.6) is 0 Å². The van der Waals surface area contributed by atoms with Crippen molar-refractivity contribution >= 4 is 11.8 Å². The zero-order chi connectivity index (χ0) is 19.4. The molecular weight excluding hydrogens is 336 g/mol. The second kappa shape index (κ2) is 8.63. The highest BCUT2D eigenvalue weighted by atomic mass is 16.7. The van der Waals surface area contributed by atoms with Gasteiger partial charge in [0, 0.05) is 24.4 Å². The standard InChI is InChI=1S/C20H32O6/c1-5-19(3)12-16(21)14(11-15(19)18(22)24-6-2)20(4,23)13-26-17-9-7-8-10-25-17/h5,14-15,17,23H,1,6-13H2,2-4H3/t14?,15-,17?,19+,20?/m0/s1. The summed E-state index contributed by atoms with van der Waals surface area (Å²) < 4.78 is 16.4. The molecule has 0 radical (unpaired) electrons. The molecule has 1 heterocycles. The lowest BCUT2D eigenvalue weighted by atomic mass is 9.61. The number of aliphatic hydroxyl groups is 1. The van der Waals surface area contributed by atoms with E-state index < -0.39 is 22.9 Å². The number of hydrogen-bond acceptors (Lipinski definition) is 6. The van der Waals surface area contributed by atoms with Crippen molar-refractivity contribution in [1.82, 2.24) is 0 Å². The lowest BCUT2D eigenvalue weighted by Gasteiger charge is -2.44. The molecule has 1 aliphatic heterocycles. The van der Waals surface area contributed by atoms with Gasteiger partial charge in [0.1, 0.15) is 5.78 Å². The molecule has 0 aromatic carbocycles. The third-order valence-corrected chi connectivity index (χ3v) is 5.70. The number of Topliss-reactive ketones (excluding diaryl/α,β-unsaturated/α-hetero) is 1. The monoisotopic (exact) mass is 368 g/mol. The third-order valence-electron chi connectivity index (χ3n) is 5.70. The van der Waals surface area contributed by atoms with Gasteiger partial charge < -0.3 is 19.3 Å². The molecule has 1 N–H and O–H groups in total. The van der Waals surface area contributed by atoms with E-state index in [1.807, 2.05) is 6.92 Å². The van der Waals surface area contributed by atoms with Crippen LogP contribution in [0.2, 0.25) is 0 Å². The Morgan fingerprint density at radius 3 is 2.81 bits per heavy atom. The van der Waals surface area contributed by atoms with Crippen LogP contribution in [-0.4, -0.2) is 48.6 Å². The third kappa shape index (κ3) is 4.72. The molecule has 2 aliphatic rings. The lowest BCUT2D eigenvalue weighted by Crippen LogP contribution is -2.52. The number of allylic oxidation sites excluding steroid dienone is 1. The minimum atomic E-state index is -1.37. The highest BCUT2D eigenvalue weighted by Crippen LogP contribution is 2.46. The first-order valence-corrected chi connectivity index (χ1v) is 9.52. The highest BCUT2D eigenvalue weighted by Gasteiger charge is 2.51. The number of esters is 1. The summed E-state index contributed by atoms with van der Waals surface area (Å²) in [5.41, 5.74) is -2.03. The summed E-state index contributed by atoms with van der Waals surface area (Å²) >= 11 is 0. The summed E-state index contributed by atoms with van der Waals surface area (Å²) in [6, 6.07) is 0. The molecule has 0 spiro atoms. The molecule has 148 valence electrons. The van der Waals surface area contributed by atoms with Gasteiger partial charge in [-0.15, -0.1) is 6.58 Å². The van der Waals surface area contributed by atoms with Gasteiger partial charge in [0.05, 0.1) is 24.7 Å². The van der Waals surface area contributed by atoms with E-state index in [4.69, 9.17) is 14.2 Å². The first-order chi connectivity index (χ1) is 12.2. The molecular formula is C20H32O6. The van der Waals surface area contributed by atoms with E-state index in [0.29, 0.717) is 6.61 Å². The van der Waals surface area contributed by atoms with Gasteiger partial charge in [-0.05, 0) is 39.5 Å². The van der Waals surface area contributed by atoms with Crippen molar-refractivity contribution in [2.75, 3.05) is 19.8 Å². The number of rotatable bonds is 7. The molecule has 6 nitrogen and oxygen atoms in total. The summed E-state index contributed by atoms with van der Waals surface area (Å²) in [7, 11) is 0. The number of carbonyl (C=O) groups excluding carboxylic acids is 2. The lowest BCUT2D eigenvalue weighted by molar-refractivity contribution is -0.201. The van der Waals surface area contributed by atoms with Crippen LogP contribution in [0.15, 0.2) is 12.7 Å². The van der Waals surface area contributed by atoms with Gasteiger partial charge in [0.25, 0.3) is 0 Å². The average molecular weight is 368 g/mol. The molecule has 3 unspecified atom stereocenters. The van der Waals surface area contributed by atoms with E-state index in [1.54, 1.807) is 19.9 Å². The normalized spacial score (nSPS) is 34.8. The Morgan fingerprint density at radius 1 is 1.50 bits per heavy atom. The van der Waals surface area contributed by atoms with Gasteiger partial charge in [-0.1, -0.05) is 13.0 Å². The van der Waals surface area contributed by atoms with Crippen molar-refractivity contribution in [3.05, 3.63) is 12.7 Å². The Morgan fingerprint density at radius 2 is 2.23 bits per heavy atom. The Balaban J connectivity index is 2.09. The van der Waals surface area contributed by atoms with Crippen molar-refractivity contribution in [3.8, 4) is 0 Å². The first kappa shape index (κ1) is 21.1. The summed E-state index contributed by atoms with van der Waals surface area (Å²) in [5.74, 6) is -1.63. The molecule has 0 bridgehead atoms. The highest BCUT2D eigenvalue weighted by molar-refractivity contribution is 5.87. The Labute approximate surface area is 155 Å². The van der Waals surface area contributed by atoms with Gasteiger partial charge in [-0.25, -0.2) is 0 Å². The van der Waals surface area contributed by atoms with E-state index in [2.05, 4.69) is 6.58 Å². The fourth-order valence-corrected chi connectivity index (χ4v) is 3.89. The number of hydrogen-bond donors (Lipinski definition) is 1. The molecule has 1 aliphatic carbocycles. The van der Waals surface area contributed by atoms with Gasteiger partial charge >= 0.3 is 5.97 Å². The summed E-state index contributed by atoms with van der Waals surface area (Å²) in [4.78, 5) is 25.2. The van der Waals surface area contributed by atoms with E-state index in [1.165, 1.54) is 0 Å². The summed E-state index contributed by atoms with van der Waals surface area (Å²) in [6.45, 7) is 9.92. The molecule has 1 saturated heterocycles. The van der Waals surface area contributed by atoms with Crippen molar-refractivity contribution in [2.24, 2.45) is 17.3 Å². The molecule has 26 heavy (non-hydrogen) atoms. The predicted molar refractivity (Wildman–Crippen MR) is 96.3 cm³/mol. The van der Waals surface area contributed by atoms with Crippen molar-refractivity contribution < 1.29 is 28.9 Å². The van der Waals surface area contributed by atoms with Gasteiger partial charge in [0.15, 0.2) is 6.29 Å². The minimum absolute atomic E-state index is 0.00553. The second-order valence-corrected chi connectivity index (χ2v) is 7.91. The van der Waals surface area contributed by atoms with Crippen LogP contribution in [0.1, 0.15) is 52.9 Å². The number of ketones is 1. The zero-order valence-electron chi connectivity index (χ0n) is 16.2. The van der Waals surface area contributed by atoms with Crippen LogP contribution in [0, 0.1) is 17.3 Å². The molecule has 1 saturated carbocycles. The smallest absolute Gasteiger partial charge is 0.309 e. The summed E-state index contributed by atoms with van der Waals surface area (Å²) in [6.07, 6.45) is 4.52. The van der Waals surface area contributed by atoms with Crippen molar-refractivity contribution in [1.29, 1.82) is 0 Å². The minimum Gasteiger partial charge on any atom is -0.466 e. The zero-order valence-corrected chi connectivity index (χ0v) is 16.2. The predicted octanol–water partition coefficient (Wildman–Crippen LogP) is 2.63. The van der Waals surface area contributed by atoms with Gasteiger partial charge in [-0.3, -0.25) is 9.59 Å². The molecule has 2 rings (SSSR count). The Kier molecular flexibility index (Phi) is 6.99. The fourth-order valence-electron chi connectivity index (χ4n) is 3.89. The number of ether oxygens (including phenoxy) is 3. The molecule has 5 atom stereocenters. The number of carbonyl (C=O) groups is 2. The second-order valence-electron chi connectivity index (χ2n) is 7.91. The van der Waals surface area contributed by atoms with Crippen LogP contribution >= 0.6 is 0 Å². The quantitative estimate of drug-likeness (QED) is 0.549. The van der Waals surface area contributed by atoms with E-state index in [0.717, 1.165) is 19.3 Å². The van der Waals surface area contributed by atoms with Crippen LogP contribution in [0.4, 0.5) is 0 Å². The molecule has 0 amide bonds. The SMILES string of the molecule is C=C[C@]1(C)CC(=O)C(C(C)(O)COC2CCCCO2)C[C@H]1C(=O)OCC. The molecule has 6 heteroatoms. The molecule has 0 aromatic heterocycles. The van der Waals surface area contributed by atoms with Gasteiger partial charge in [-0.2, -0.15) is 0 Å². The maximum absolute atomic E-state index is 12.7. The van der Waals surface area contributed by atoms with Crippen LogP contribution < -0.4 is 0 Å². The summed E-state index contributed by atoms with van der Waals surface area (Å²) in [5, 5.41) is 10.9. The average Bonchev–Trinajstić information content (AvgIpc) is 2.61. The van der Waals surface area contributed by atoms with Crippen LogP contribution in [0.3, 0.4) is 0 Å². The van der Waals surface area contributed by atoms with Crippen LogP contribution in [0.25, 0.3) is 0 Å². The fraction of sp³-hybridized carbons (Fsp3) is 0.800. The maximum Gasteiger partial charge on any atom is 0.309 e. The maximum atomic E-state index is 12.7. The topological polar surface area (TPSA) is 82.1 Å². The van der Waals surface area contributed by atoms with E-state index in [9.17, 15) is 14.7 Å². The van der Waals surface area contributed by atoms with Crippen molar-refractivity contribution in [3.63, 3.8) is 0 Å². The van der Waals surface area contributed by atoms with Gasteiger partial charge in [0.2, 0.25) is 0 Å². The van der Waals surface area contributed by atoms with E-state index >= 15 is 0 Å². The Hall–Kier alpha value is -1.24. The van der Waals surface area contributed by atoms with Crippen molar-refractivity contribution in [2.45, 2.75) is 64.8 Å². The first-order valence-electron chi connectivity index (χ1n) is 9.52.